The van der Waals surface area contributed by atoms with E-state index in [9.17, 15) is 14.7 Å². The lowest BCUT2D eigenvalue weighted by Gasteiger charge is -2.40. The molecule has 1 unspecified atom stereocenters. The molecule has 2 aliphatic heterocycles. The summed E-state index contributed by atoms with van der Waals surface area (Å²) in [6.07, 6.45) is 3.75. The van der Waals surface area contributed by atoms with Crippen molar-refractivity contribution in [3.63, 3.8) is 0 Å². The molecule has 35 heavy (non-hydrogen) atoms. The molecule has 0 saturated carbocycles. The Morgan fingerprint density at radius 2 is 1.91 bits per heavy atom. The number of fused-ring (bicyclic) bond motifs is 1. The van der Waals surface area contributed by atoms with Gasteiger partial charge in [-0.2, -0.15) is 5.10 Å². The van der Waals surface area contributed by atoms with Crippen LogP contribution in [-0.4, -0.2) is 80.4 Å². The van der Waals surface area contributed by atoms with Crippen molar-refractivity contribution in [2.75, 3.05) is 32.8 Å². The third kappa shape index (κ3) is 4.80. The van der Waals surface area contributed by atoms with Gasteiger partial charge < -0.3 is 14.7 Å². The van der Waals surface area contributed by atoms with Crippen LogP contribution in [0.15, 0.2) is 42.7 Å². The van der Waals surface area contributed by atoms with E-state index in [1.54, 1.807) is 19.2 Å². The van der Waals surface area contributed by atoms with Crippen molar-refractivity contribution in [2.24, 2.45) is 0 Å². The molecular weight excluding hydrogens is 470 g/mol. The zero-order valence-corrected chi connectivity index (χ0v) is 20.1. The largest absolute Gasteiger partial charge is 0.476 e. The van der Waals surface area contributed by atoms with Crippen molar-refractivity contribution in [1.29, 1.82) is 0 Å². The van der Waals surface area contributed by atoms with Crippen molar-refractivity contribution in [1.82, 2.24) is 24.6 Å². The SMILES string of the molecule is Cc1cn(-c2cc(Cl)cnc2C(=O)N2Cc3ccccc3CC2CN2CCOCC2)nc1C(=O)O. The Morgan fingerprint density at radius 3 is 2.63 bits per heavy atom. The van der Waals surface area contributed by atoms with E-state index in [1.807, 2.05) is 23.1 Å². The van der Waals surface area contributed by atoms with Gasteiger partial charge in [0.1, 0.15) is 0 Å². The number of amides is 1. The summed E-state index contributed by atoms with van der Waals surface area (Å²) in [4.78, 5) is 34.1. The first-order valence-electron chi connectivity index (χ1n) is 11.5. The maximum atomic E-state index is 14.0. The molecule has 2 aromatic heterocycles. The zero-order valence-electron chi connectivity index (χ0n) is 19.4. The molecule has 1 atom stereocenters. The Bertz CT molecular complexity index is 1270. The number of morpholine rings is 1. The minimum absolute atomic E-state index is 0.0465. The maximum Gasteiger partial charge on any atom is 0.356 e. The average Bonchev–Trinajstić information content (AvgIpc) is 3.25. The molecule has 182 valence electrons. The van der Waals surface area contributed by atoms with E-state index in [1.165, 1.54) is 16.4 Å². The van der Waals surface area contributed by atoms with Crippen molar-refractivity contribution in [3.8, 4) is 5.69 Å². The maximum absolute atomic E-state index is 14.0. The van der Waals surface area contributed by atoms with E-state index in [0.29, 0.717) is 36.0 Å². The second-order valence-corrected chi connectivity index (χ2v) is 9.34. The molecule has 0 bridgehead atoms. The molecule has 0 spiro atoms. The summed E-state index contributed by atoms with van der Waals surface area (Å²) in [6.45, 7) is 5.88. The summed E-state index contributed by atoms with van der Waals surface area (Å²) in [7, 11) is 0. The molecule has 1 amide bonds. The van der Waals surface area contributed by atoms with Crippen LogP contribution in [0.2, 0.25) is 5.02 Å². The Labute approximate surface area is 207 Å². The van der Waals surface area contributed by atoms with Gasteiger partial charge in [-0.1, -0.05) is 35.9 Å². The molecule has 0 aliphatic carbocycles. The summed E-state index contributed by atoms with van der Waals surface area (Å²) in [5.41, 5.74) is 3.28. The van der Waals surface area contributed by atoms with E-state index in [0.717, 1.165) is 31.6 Å². The van der Waals surface area contributed by atoms with Gasteiger partial charge in [-0.3, -0.25) is 9.69 Å². The average molecular weight is 496 g/mol. The number of carboxylic acids is 1. The number of pyridine rings is 1. The van der Waals surface area contributed by atoms with E-state index in [-0.39, 0.29) is 23.3 Å². The van der Waals surface area contributed by atoms with Crippen LogP contribution in [0.1, 0.15) is 37.7 Å². The Morgan fingerprint density at radius 1 is 1.17 bits per heavy atom. The molecule has 1 fully saturated rings. The van der Waals surface area contributed by atoms with Gasteiger partial charge in [0.2, 0.25) is 0 Å². The van der Waals surface area contributed by atoms with E-state index < -0.39 is 5.97 Å². The van der Waals surface area contributed by atoms with Gasteiger partial charge in [-0.05, 0) is 30.5 Å². The van der Waals surface area contributed by atoms with Crippen LogP contribution < -0.4 is 0 Å². The quantitative estimate of drug-likeness (QED) is 0.580. The Hall–Kier alpha value is -3.27. The number of halogens is 1. The summed E-state index contributed by atoms with van der Waals surface area (Å²) >= 11 is 6.23. The highest BCUT2D eigenvalue weighted by Crippen LogP contribution is 2.28. The van der Waals surface area contributed by atoms with Crippen molar-refractivity contribution in [2.45, 2.75) is 25.9 Å². The summed E-state index contributed by atoms with van der Waals surface area (Å²) < 4.78 is 6.87. The van der Waals surface area contributed by atoms with Crippen LogP contribution in [0, 0.1) is 6.92 Å². The van der Waals surface area contributed by atoms with Gasteiger partial charge in [0, 0.05) is 50.2 Å². The highest BCUT2D eigenvalue weighted by atomic mass is 35.5. The Kier molecular flexibility index (Phi) is 6.55. The van der Waals surface area contributed by atoms with Crippen LogP contribution in [0.3, 0.4) is 0 Å². The molecule has 5 rings (SSSR count). The molecule has 2 aliphatic rings. The van der Waals surface area contributed by atoms with Gasteiger partial charge in [-0.25, -0.2) is 14.5 Å². The number of ether oxygens (including phenoxy) is 1. The molecule has 4 heterocycles. The van der Waals surface area contributed by atoms with Crippen molar-refractivity contribution < 1.29 is 19.4 Å². The third-order valence-electron chi connectivity index (χ3n) is 6.57. The summed E-state index contributed by atoms with van der Waals surface area (Å²) in [6, 6.07) is 9.72. The number of aryl methyl sites for hydroxylation is 1. The fraction of sp³-hybridized carbons (Fsp3) is 0.360. The highest BCUT2D eigenvalue weighted by Gasteiger charge is 2.34. The second kappa shape index (κ2) is 9.77. The molecular formula is C25H26ClN5O4. The number of aromatic nitrogens is 3. The molecule has 1 N–H and O–H groups in total. The predicted octanol–water partition coefficient (Wildman–Crippen LogP) is 2.83. The zero-order chi connectivity index (χ0) is 24.5. The minimum Gasteiger partial charge on any atom is -0.476 e. The molecule has 3 aromatic rings. The van der Waals surface area contributed by atoms with E-state index in [4.69, 9.17) is 16.3 Å². The fourth-order valence-electron chi connectivity index (χ4n) is 4.77. The molecule has 9 nitrogen and oxygen atoms in total. The normalized spacial score (nSPS) is 18.3. The Balaban J connectivity index is 1.52. The number of carbonyl (C=O) groups is 2. The third-order valence-corrected chi connectivity index (χ3v) is 6.78. The number of hydrogen-bond acceptors (Lipinski definition) is 6. The van der Waals surface area contributed by atoms with Crippen molar-refractivity contribution >= 4 is 23.5 Å². The smallest absolute Gasteiger partial charge is 0.356 e. The lowest BCUT2D eigenvalue weighted by Crippen LogP contribution is -2.52. The number of hydrogen-bond donors (Lipinski definition) is 1. The number of rotatable bonds is 5. The monoisotopic (exact) mass is 495 g/mol. The fourth-order valence-corrected chi connectivity index (χ4v) is 4.92. The van der Waals surface area contributed by atoms with Gasteiger partial charge in [0.05, 0.1) is 23.9 Å². The van der Waals surface area contributed by atoms with Crippen LogP contribution in [-0.2, 0) is 17.7 Å². The molecule has 0 radical (unpaired) electrons. The lowest BCUT2D eigenvalue weighted by molar-refractivity contribution is 0.0191. The second-order valence-electron chi connectivity index (χ2n) is 8.90. The molecule has 1 saturated heterocycles. The number of aromatic carboxylic acids is 1. The first-order valence-corrected chi connectivity index (χ1v) is 11.9. The molecule has 1 aromatic carbocycles. The van der Waals surface area contributed by atoms with E-state index >= 15 is 0 Å². The van der Waals surface area contributed by atoms with Crippen LogP contribution >= 0.6 is 11.6 Å². The number of carbonyl (C=O) groups excluding carboxylic acids is 1. The van der Waals surface area contributed by atoms with E-state index in [2.05, 4.69) is 21.0 Å². The number of carboxylic acid groups (broad SMARTS) is 1. The number of benzene rings is 1. The topological polar surface area (TPSA) is 101 Å². The van der Waals surface area contributed by atoms with Crippen molar-refractivity contribution in [3.05, 3.63) is 75.8 Å². The first kappa shape index (κ1) is 23.5. The number of nitrogens with zero attached hydrogens (tertiary/aromatic N) is 5. The van der Waals surface area contributed by atoms with Crippen LogP contribution in [0.4, 0.5) is 0 Å². The van der Waals surface area contributed by atoms with Gasteiger partial charge in [0.15, 0.2) is 11.4 Å². The van der Waals surface area contributed by atoms with Crippen LogP contribution in [0.25, 0.3) is 5.69 Å². The summed E-state index contributed by atoms with van der Waals surface area (Å²) in [5.74, 6) is -1.38. The highest BCUT2D eigenvalue weighted by molar-refractivity contribution is 6.30. The standard InChI is InChI=1S/C25H26ClN5O4/c1-16-13-31(28-22(16)25(33)34)21-11-19(26)12-27-23(21)24(32)30-14-18-5-3-2-4-17(18)10-20(30)15-29-6-8-35-9-7-29/h2-5,11-13,20H,6-10,14-15H2,1H3,(H,33,34). The molecule has 10 heteroatoms. The summed E-state index contributed by atoms with van der Waals surface area (Å²) in [5, 5.41) is 14.0. The minimum atomic E-state index is -1.14. The van der Waals surface area contributed by atoms with Gasteiger partial charge in [-0.15, -0.1) is 0 Å². The predicted molar refractivity (Wildman–Crippen MR) is 129 cm³/mol. The van der Waals surface area contributed by atoms with Gasteiger partial charge >= 0.3 is 5.97 Å². The first-order chi connectivity index (χ1) is 16.9. The van der Waals surface area contributed by atoms with Crippen LogP contribution in [0.5, 0.6) is 0 Å². The van der Waals surface area contributed by atoms with Gasteiger partial charge in [0.25, 0.3) is 5.91 Å². The lowest BCUT2D eigenvalue weighted by atomic mass is 9.93.